The number of furan rings is 1. The van der Waals surface area contributed by atoms with Crippen LogP contribution in [0.2, 0.25) is 0 Å². The first-order valence-electron chi connectivity index (χ1n) is 19.7. The smallest absolute Gasteiger partial charge is 0.136 e. The van der Waals surface area contributed by atoms with Gasteiger partial charge in [0.2, 0.25) is 0 Å². The van der Waals surface area contributed by atoms with E-state index in [4.69, 9.17) is 4.42 Å². The van der Waals surface area contributed by atoms with E-state index in [-0.39, 0.29) is 11.5 Å². The second kappa shape index (κ2) is 11.8. The number of hydrogen-bond donors (Lipinski definition) is 1. The summed E-state index contributed by atoms with van der Waals surface area (Å²) < 4.78 is 6.37. The van der Waals surface area contributed by atoms with E-state index in [2.05, 4.69) is 200 Å². The zero-order valence-electron chi connectivity index (χ0n) is 31.0. The van der Waals surface area contributed by atoms with Crippen LogP contribution in [0.15, 0.2) is 198 Å². The Kier molecular flexibility index (Phi) is 6.63. The molecule has 2 nitrogen and oxygen atoms in total. The molecule has 1 N–H and O–H groups in total. The first-order chi connectivity index (χ1) is 27.6. The maximum atomic E-state index is 6.37. The molecule has 56 heavy (non-hydrogen) atoms. The lowest BCUT2D eigenvalue weighted by molar-refractivity contribution is 0.398. The van der Waals surface area contributed by atoms with Crippen LogP contribution in [0.3, 0.4) is 0 Å². The predicted molar refractivity (Wildman–Crippen MR) is 235 cm³/mol. The van der Waals surface area contributed by atoms with Gasteiger partial charge in [-0.15, -0.1) is 0 Å². The third kappa shape index (κ3) is 4.56. The van der Waals surface area contributed by atoms with Crippen molar-refractivity contribution >= 4 is 54.8 Å². The predicted octanol–water partition coefficient (Wildman–Crippen LogP) is 13.8. The maximum absolute atomic E-state index is 6.37. The Bertz CT molecular complexity index is 3180. The number of dihydropyridines is 1. The minimum absolute atomic E-state index is 0.00749. The summed E-state index contributed by atoms with van der Waals surface area (Å²) in [6.07, 6.45) is 20.9. The molecule has 8 aromatic rings. The first kappa shape index (κ1) is 31.5. The van der Waals surface area contributed by atoms with Gasteiger partial charge in [-0.2, -0.15) is 0 Å². The van der Waals surface area contributed by atoms with Crippen LogP contribution in [-0.2, 0) is 0 Å². The van der Waals surface area contributed by atoms with E-state index < -0.39 is 0 Å². The molecule has 1 aromatic heterocycles. The highest BCUT2D eigenvalue weighted by atomic mass is 16.3. The standard InChI is InChI=1S/C54H37NO/c1-54-28-8-7-13-39(54)14-9-18-46(54)48-32-38(37-23-22-35-29-34(20-21-36(35)30-37)33-11-3-2-4-12-33)31-47(55-48)40-24-25-45-51-41(40)16-10-17-42(51)43-26-27-50-53(52(43)45)44-15-5-6-19-49(44)56-50/h2-32,39,48,55H,1H3. The van der Waals surface area contributed by atoms with Crippen LogP contribution in [0.25, 0.3) is 88.1 Å². The molecule has 0 fully saturated rings. The molecule has 12 rings (SSSR count). The van der Waals surface area contributed by atoms with Gasteiger partial charge in [-0.1, -0.05) is 159 Å². The lowest BCUT2D eigenvalue weighted by atomic mass is 9.64. The summed E-state index contributed by atoms with van der Waals surface area (Å²) in [6.45, 7) is 2.39. The summed E-state index contributed by atoms with van der Waals surface area (Å²) in [5, 5.41) is 11.5. The molecule has 0 saturated carbocycles. The summed E-state index contributed by atoms with van der Waals surface area (Å²) >= 11 is 0. The molecule has 3 atom stereocenters. The second-order valence-corrected chi connectivity index (χ2v) is 15.9. The fraction of sp³-hybridized carbons (Fsp3) is 0.0741. The van der Waals surface area contributed by atoms with Crippen LogP contribution >= 0.6 is 0 Å². The van der Waals surface area contributed by atoms with Gasteiger partial charge in [0, 0.05) is 38.9 Å². The van der Waals surface area contributed by atoms with E-state index in [9.17, 15) is 0 Å². The van der Waals surface area contributed by atoms with Crippen LogP contribution in [0.5, 0.6) is 0 Å². The lowest BCUT2D eigenvalue weighted by Crippen LogP contribution is -2.40. The molecule has 2 heteroatoms. The van der Waals surface area contributed by atoms with Crippen molar-refractivity contribution in [1.29, 1.82) is 0 Å². The third-order valence-corrected chi connectivity index (χ3v) is 12.8. The topological polar surface area (TPSA) is 25.2 Å². The monoisotopic (exact) mass is 715 g/mol. The Morgan fingerprint density at radius 1 is 0.571 bits per heavy atom. The lowest BCUT2D eigenvalue weighted by Gasteiger charge is -2.42. The zero-order valence-corrected chi connectivity index (χ0v) is 31.0. The number of para-hydroxylation sites is 1. The summed E-state index contributed by atoms with van der Waals surface area (Å²) in [7, 11) is 0. The molecule has 0 spiro atoms. The van der Waals surface area contributed by atoms with Gasteiger partial charge < -0.3 is 9.73 Å². The van der Waals surface area contributed by atoms with Crippen LogP contribution in [0, 0.1) is 11.3 Å². The van der Waals surface area contributed by atoms with Crippen molar-refractivity contribution in [2.45, 2.75) is 13.0 Å². The van der Waals surface area contributed by atoms with E-state index >= 15 is 0 Å². The third-order valence-electron chi connectivity index (χ3n) is 12.8. The summed E-state index contributed by atoms with van der Waals surface area (Å²) in [5.74, 6) is 0.311. The van der Waals surface area contributed by atoms with Gasteiger partial charge >= 0.3 is 0 Å². The van der Waals surface area contributed by atoms with E-state index in [0.717, 1.165) is 16.9 Å². The van der Waals surface area contributed by atoms with Gasteiger partial charge in [0.25, 0.3) is 0 Å². The highest BCUT2D eigenvalue weighted by molar-refractivity contribution is 6.26. The number of nitrogens with one attached hydrogen (secondary N) is 1. The Hall–Kier alpha value is -6.90. The van der Waals surface area contributed by atoms with Crippen molar-refractivity contribution in [3.63, 3.8) is 0 Å². The summed E-state index contributed by atoms with van der Waals surface area (Å²) in [4.78, 5) is 0. The number of rotatable bonds is 4. The molecular formula is C54H37NO. The van der Waals surface area contributed by atoms with Gasteiger partial charge in [-0.3, -0.25) is 0 Å². The van der Waals surface area contributed by atoms with Gasteiger partial charge in [0.05, 0.1) is 6.04 Å². The van der Waals surface area contributed by atoms with E-state index in [1.165, 1.54) is 88.0 Å². The van der Waals surface area contributed by atoms with Crippen LogP contribution in [-0.4, -0.2) is 6.04 Å². The fourth-order valence-corrected chi connectivity index (χ4v) is 9.97. The second-order valence-electron chi connectivity index (χ2n) is 15.9. The van der Waals surface area contributed by atoms with Gasteiger partial charge in [0.1, 0.15) is 11.2 Å². The molecule has 264 valence electrons. The molecule has 3 unspecified atom stereocenters. The average Bonchev–Trinajstić information content (AvgIpc) is 3.79. The van der Waals surface area contributed by atoms with Crippen LogP contribution < -0.4 is 5.32 Å². The minimum Gasteiger partial charge on any atom is -0.456 e. The molecule has 0 radical (unpaired) electrons. The number of fused-ring (bicyclic) bond motifs is 9. The van der Waals surface area contributed by atoms with Crippen molar-refractivity contribution < 1.29 is 4.42 Å². The molecule has 0 amide bonds. The Balaban J connectivity index is 1.02. The zero-order chi connectivity index (χ0) is 37.0. The van der Waals surface area contributed by atoms with Crippen molar-refractivity contribution in [1.82, 2.24) is 5.32 Å². The molecule has 7 aromatic carbocycles. The van der Waals surface area contributed by atoms with Gasteiger partial charge in [0.15, 0.2) is 0 Å². The minimum atomic E-state index is -0.134. The van der Waals surface area contributed by atoms with E-state index in [1.54, 1.807) is 0 Å². The molecule has 0 bridgehead atoms. The first-order valence-corrected chi connectivity index (χ1v) is 19.7. The summed E-state index contributed by atoms with van der Waals surface area (Å²) in [6, 6.07) is 48.7. The number of hydrogen-bond acceptors (Lipinski definition) is 2. The van der Waals surface area contributed by atoms with Crippen LogP contribution in [0.1, 0.15) is 18.1 Å². The Morgan fingerprint density at radius 2 is 1.34 bits per heavy atom. The van der Waals surface area contributed by atoms with Crippen molar-refractivity contribution in [2.75, 3.05) is 0 Å². The quantitative estimate of drug-likeness (QED) is 0.196. The highest BCUT2D eigenvalue weighted by Gasteiger charge is 2.39. The summed E-state index contributed by atoms with van der Waals surface area (Å²) in [5.41, 5.74) is 15.5. The maximum Gasteiger partial charge on any atom is 0.136 e. The van der Waals surface area contributed by atoms with Crippen LogP contribution in [0.4, 0.5) is 0 Å². The fourth-order valence-electron chi connectivity index (χ4n) is 9.97. The Morgan fingerprint density at radius 3 is 2.25 bits per heavy atom. The van der Waals surface area contributed by atoms with E-state index in [1.807, 2.05) is 0 Å². The highest BCUT2D eigenvalue weighted by Crippen LogP contribution is 2.53. The molecular weight excluding hydrogens is 679 g/mol. The molecule has 3 aliphatic carbocycles. The van der Waals surface area contributed by atoms with Crippen molar-refractivity contribution in [2.24, 2.45) is 11.3 Å². The molecule has 1 aliphatic heterocycles. The van der Waals surface area contributed by atoms with E-state index in [0.29, 0.717) is 5.92 Å². The molecule has 2 heterocycles. The molecule has 0 saturated heterocycles. The Labute approximate surface area is 325 Å². The molecule has 4 aliphatic rings. The number of allylic oxidation sites excluding steroid dienone is 9. The normalized spacial score (nSPS) is 20.6. The van der Waals surface area contributed by atoms with Crippen molar-refractivity contribution in [3.8, 4) is 33.4 Å². The van der Waals surface area contributed by atoms with Gasteiger partial charge in [-0.05, 0) is 102 Å². The number of benzene rings is 7. The largest absolute Gasteiger partial charge is 0.456 e. The van der Waals surface area contributed by atoms with Crippen molar-refractivity contribution in [3.05, 3.63) is 205 Å². The average molecular weight is 716 g/mol. The van der Waals surface area contributed by atoms with Gasteiger partial charge in [-0.25, -0.2) is 0 Å². The SMILES string of the molecule is CC12C=CC=CC1C=CC=C2C1C=C(c2ccc3cc(-c4ccccc4)ccc3c2)C=C(c2ccc3c4c(cccc24)-c2ccc4oc5ccccc5c4c2-3)N1.